The quantitative estimate of drug-likeness (QED) is 0.614. The van der Waals surface area contributed by atoms with Crippen LogP contribution in [0.15, 0.2) is 24.3 Å². The molecule has 0 aliphatic carbocycles. The fourth-order valence-corrected chi connectivity index (χ4v) is 1.49. The van der Waals surface area contributed by atoms with E-state index in [0.29, 0.717) is 19.8 Å². The van der Waals surface area contributed by atoms with E-state index in [9.17, 15) is 0 Å². The fourth-order valence-electron chi connectivity index (χ4n) is 1.49. The van der Waals surface area contributed by atoms with Gasteiger partial charge < -0.3 is 10.5 Å². The Morgan fingerprint density at radius 1 is 1.29 bits per heavy atom. The Hall–Kier alpha value is -1.95. The summed E-state index contributed by atoms with van der Waals surface area (Å²) in [5, 5.41) is 11.6. The van der Waals surface area contributed by atoms with E-state index >= 15 is 0 Å². The number of aromatic nitrogens is 4. The Morgan fingerprint density at radius 2 is 2.06 bits per heavy atom. The molecule has 1 heterocycles. The summed E-state index contributed by atoms with van der Waals surface area (Å²) in [6.45, 7) is 3.89. The molecule has 0 fully saturated rings. The van der Waals surface area contributed by atoms with Crippen LogP contribution in [0.4, 0.5) is 5.69 Å². The van der Waals surface area contributed by atoms with Crippen LogP contribution in [0, 0.1) is 0 Å². The summed E-state index contributed by atoms with van der Waals surface area (Å²) in [6, 6.07) is 7.46. The van der Waals surface area contributed by atoms with Gasteiger partial charge in [-0.25, -0.2) is 4.68 Å². The van der Waals surface area contributed by atoms with Gasteiger partial charge in [0.15, 0.2) is 5.82 Å². The number of tetrazole rings is 1. The SMILES string of the molecule is CCOCCn1nnnc1-c1ccc(N)cc1. The van der Waals surface area contributed by atoms with Gasteiger partial charge >= 0.3 is 0 Å². The van der Waals surface area contributed by atoms with Gasteiger partial charge in [0.2, 0.25) is 0 Å². The van der Waals surface area contributed by atoms with Crippen molar-refractivity contribution in [3.63, 3.8) is 0 Å². The summed E-state index contributed by atoms with van der Waals surface area (Å²) in [4.78, 5) is 0. The Bertz CT molecular complexity index is 465. The number of rotatable bonds is 5. The van der Waals surface area contributed by atoms with Gasteiger partial charge in [0.25, 0.3) is 0 Å². The van der Waals surface area contributed by atoms with Crippen LogP contribution in [0.5, 0.6) is 0 Å². The Labute approximate surface area is 99.4 Å². The van der Waals surface area contributed by atoms with Crippen LogP contribution in [-0.2, 0) is 11.3 Å². The Balaban J connectivity index is 2.15. The summed E-state index contributed by atoms with van der Waals surface area (Å²) < 4.78 is 7.00. The molecule has 2 rings (SSSR count). The third-order valence-electron chi connectivity index (χ3n) is 2.35. The molecule has 2 aromatic rings. The first kappa shape index (κ1) is 11.5. The highest BCUT2D eigenvalue weighted by atomic mass is 16.5. The zero-order valence-corrected chi connectivity index (χ0v) is 9.71. The predicted octanol–water partition coefficient (Wildman–Crippen LogP) is 0.959. The lowest BCUT2D eigenvalue weighted by atomic mass is 10.2. The molecule has 0 bridgehead atoms. The van der Waals surface area contributed by atoms with Crippen LogP contribution in [0.2, 0.25) is 0 Å². The van der Waals surface area contributed by atoms with E-state index < -0.39 is 0 Å². The van der Waals surface area contributed by atoms with E-state index in [0.717, 1.165) is 17.1 Å². The van der Waals surface area contributed by atoms with Gasteiger partial charge in [-0.1, -0.05) is 0 Å². The molecule has 0 saturated heterocycles. The van der Waals surface area contributed by atoms with Gasteiger partial charge in [0.05, 0.1) is 13.2 Å². The van der Waals surface area contributed by atoms with E-state index in [1.54, 1.807) is 4.68 Å². The molecule has 6 heteroatoms. The average molecular weight is 233 g/mol. The van der Waals surface area contributed by atoms with Crippen LogP contribution < -0.4 is 5.73 Å². The van der Waals surface area contributed by atoms with Crippen molar-refractivity contribution >= 4 is 5.69 Å². The lowest BCUT2D eigenvalue weighted by molar-refractivity contribution is 0.136. The van der Waals surface area contributed by atoms with Crippen molar-refractivity contribution in [3.8, 4) is 11.4 Å². The van der Waals surface area contributed by atoms with Crippen LogP contribution in [-0.4, -0.2) is 33.4 Å². The molecule has 0 aliphatic heterocycles. The molecule has 0 radical (unpaired) electrons. The Morgan fingerprint density at radius 3 is 2.76 bits per heavy atom. The number of ether oxygens (including phenoxy) is 1. The highest BCUT2D eigenvalue weighted by Gasteiger charge is 2.07. The van der Waals surface area contributed by atoms with Crippen molar-refractivity contribution in [1.29, 1.82) is 0 Å². The first-order valence-electron chi connectivity index (χ1n) is 5.51. The maximum absolute atomic E-state index is 5.64. The predicted molar refractivity (Wildman–Crippen MR) is 64.2 cm³/mol. The molecule has 0 aliphatic rings. The van der Waals surface area contributed by atoms with Crippen LogP contribution in [0.1, 0.15) is 6.92 Å². The number of nitrogen functional groups attached to an aromatic ring is 1. The van der Waals surface area contributed by atoms with Crippen molar-refractivity contribution in [3.05, 3.63) is 24.3 Å². The lowest BCUT2D eigenvalue weighted by Gasteiger charge is -2.04. The van der Waals surface area contributed by atoms with Crippen molar-refractivity contribution in [2.24, 2.45) is 0 Å². The van der Waals surface area contributed by atoms with Crippen LogP contribution in [0.3, 0.4) is 0 Å². The molecular formula is C11H15N5O. The highest BCUT2D eigenvalue weighted by molar-refractivity contribution is 5.58. The second-order valence-electron chi connectivity index (χ2n) is 3.54. The summed E-state index contributed by atoms with van der Waals surface area (Å²) in [5.74, 6) is 0.727. The van der Waals surface area contributed by atoms with Gasteiger partial charge in [-0.15, -0.1) is 5.10 Å². The van der Waals surface area contributed by atoms with Gasteiger partial charge in [-0.2, -0.15) is 0 Å². The summed E-state index contributed by atoms with van der Waals surface area (Å²) in [6.07, 6.45) is 0. The molecule has 1 aromatic heterocycles. The standard InChI is InChI=1S/C11H15N5O/c1-2-17-8-7-16-11(13-14-15-16)9-3-5-10(12)6-4-9/h3-6H,2,7-8,12H2,1H3. The van der Waals surface area contributed by atoms with Crippen molar-refractivity contribution in [1.82, 2.24) is 20.2 Å². The summed E-state index contributed by atoms with van der Waals surface area (Å²) in [7, 11) is 0. The largest absolute Gasteiger partial charge is 0.399 e. The third-order valence-corrected chi connectivity index (χ3v) is 2.35. The number of nitrogens with two attached hydrogens (primary N) is 1. The Kier molecular flexibility index (Phi) is 3.66. The number of hydrogen-bond acceptors (Lipinski definition) is 5. The smallest absolute Gasteiger partial charge is 0.182 e. The molecule has 0 amide bonds. The summed E-state index contributed by atoms with van der Waals surface area (Å²) in [5.41, 5.74) is 7.31. The topological polar surface area (TPSA) is 78.8 Å². The molecule has 0 atom stereocenters. The zero-order valence-electron chi connectivity index (χ0n) is 9.71. The first-order valence-corrected chi connectivity index (χ1v) is 5.51. The molecule has 1 aromatic carbocycles. The second kappa shape index (κ2) is 5.40. The zero-order chi connectivity index (χ0) is 12.1. The van der Waals surface area contributed by atoms with Crippen molar-refractivity contribution in [2.45, 2.75) is 13.5 Å². The number of hydrogen-bond donors (Lipinski definition) is 1. The maximum Gasteiger partial charge on any atom is 0.182 e. The second-order valence-corrected chi connectivity index (χ2v) is 3.54. The number of benzene rings is 1. The van der Waals surface area contributed by atoms with E-state index in [-0.39, 0.29) is 0 Å². The molecule has 0 spiro atoms. The molecule has 0 unspecified atom stereocenters. The van der Waals surface area contributed by atoms with Crippen molar-refractivity contribution < 1.29 is 4.74 Å². The highest BCUT2D eigenvalue weighted by Crippen LogP contribution is 2.16. The minimum atomic E-state index is 0.601. The van der Waals surface area contributed by atoms with Crippen LogP contribution >= 0.6 is 0 Å². The fraction of sp³-hybridized carbons (Fsp3) is 0.364. The normalized spacial score (nSPS) is 10.6. The number of anilines is 1. The molecule has 17 heavy (non-hydrogen) atoms. The molecular weight excluding hydrogens is 218 g/mol. The first-order chi connectivity index (χ1) is 8.31. The molecule has 0 saturated carbocycles. The van der Waals surface area contributed by atoms with E-state index in [1.807, 2.05) is 31.2 Å². The molecule has 90 valence electrons. The minimum Gasteiger partial charge on any atom is -0.399 e. The van der Waals surface area contributed by atoms with Crippen LogP contribution in [0.25, 0.3) is 11.4 Å². The van der Waals surface area contributed by atoms with Gasteiger partial charge in [0.1, 0.15) is 0 Å². The average Bonchev–Trinajstić information content (AvgIpc) is 2.79. The minimum absolute atomic E-state index is 0.601. The third kappa shape index (κ3) is 2.79. The van der Waals surface area contributed by atoms with Crippen molar-refractivity contribution in [2.75, 3.05) is 18.9 Å². The van der Waals surface area contributed by atoms with Gasteiger partial charge in [-0.05, 0) is 41.6 Å². The summed E-state index contributed by atoms with van der Waals surface area (Å²) >= 11 is 0. The molecule has 2 N–H and O–H groups in total. The number of nitrogens with zero attached hydrogens (tertiary/aromatic N) is 4. The van der Waals surface area contributed by atoms with Gasteiger partial charge in [0, 0.05) is 17.9 Å². The maximum atomic E-state index is 5.64. The van der Waals surface area contributed by atoms with E-state index in [4.69, 9.17) is 10.5 Å². The monoisotopic (exact) mass is 233 g/mol. The van der Waals surface area contributed by atoms with Gasteiger partial charge in [-0.3, -0.25) is 0 Å². The van der Waals surface area contributed by atoms with E-state index in [2.05, 4.69) is 15.5 Å². The molecule has 6 nitrogen and oxygen atoms in total. The van der Waals surface area contributed by atoms with E-state index in [1.165, 1.54) is 0 Å². The lowest BCUT2D eigenvalue weighted by Crippen LogP contribution is -2.09.